The van der Waals surface area contributed by atoms with Gasteiger partial charge in [0, 0.05) is 38.8 Å². The summed E-state index contributed by atoms with van der Waals surface area (Å²) in [5.41, 5.74) is 1.09. The molecule has 144 valence electrons. The van der Waals surface area contributed by atoms with E-state index in [0.29, 0.717) is 32.0 Å². The predicted octanol–water partition coefficient (Wildman–Crippen LogP) is 2.34. The molecule has 2 N–H and O–H groups in total. The summed E-state index contributed by atoms with van der Waals surface area (Å²) < 4.78 is 24.7. The number of benzene rings is 1. The van der Waals surface area contributed by atoms with Gasteiger partial charge in [-0.3, -0.25) is 4.99 Å². The van der Waals surface area contributed by atoms with E-state index in [1.54, 1.807) is 21.0 Å². The first-order valence-corrected chi connectivity index (χ1v) is 10.0. The van der Waals surface area contributed by atoms with Crippen LogP contribution in [-0.4, -0.2) is 58.2 Å². The molecule has 0 aliphatic rings. The zero-order valence-corrected chi connectivity index (χ0v) is 18.9. The van der Waals surface area contributed by atoms with Gasteiger partial charge in [0.05, 0.1) is 5.75 Å². The van der Waals surface area contributed by atoms with E-state index >= 15 is 0 Å². The van der Waals surface area contributed by atoms with Crippen LogP contribution in [0.15, 0.2) is 29.3 Å². The minimum atomic E-state index is -3.11. The summed E-state index contributed by atoms with van der Waals surface area (Å²) in [5, 5.41) is 7.17. The third-order valence-corrected chi connectivity index (χ3v) is 5.88. The lowest BCUT2D eigenvalue weighted by Crippen LogP contribution is -2.39. The third-order valence-electron chi connectivity index (χ3n) is 3.65. The number of guanidine groups is 1. The molecule has 1 aromatic rings. The second kappa shape index (κ2) is 12.7. The number of rotatable bonds is 9. The number of sulfonamides is 1. The molecule has 0 saturated carbocycles. The van der Waals surface area contributed by atoms with E-state index in [9.17, 15) is 8.42 Å². The van der Waals surface area contributed by atoms with E-state index in [0.717, 1.165) is 17.0 Å². The molecule has 0 aliphatic carbocycles. The second-order valence-electron chi connectivity index (χ2n) is 5.34. The van der Waals surface area contributed by atoms with Crippen LogP contribution in [0.3, 0.4) is 0 Å². The van der Waals surface area contributed by atoms with Crippen LogP contribution >= 0.6 is 35.6 Å². The van der Waals surface area contributed by atoms with Crippen molar-refractivity contribution in [3.8, 4) is 0 Å². The fraction of sp³-hybridized carbons (Fsp3) is 0.562. The van der Waals surface area contributed by atoms with Gasteiger partial charge in [0.25, 0.3) is 0 Å². The molecule has 0 radical (unpaired) electrons. The van der Waals surface area contributed by atoms with Crippen molar-refractivity contribution in [1.29, 1.82) is 0 Å². The summed E-state index contributed by atoms with van der Waals surface area (Å²) in [7, 11) is 0.207. The monoisotopic (exact) mass is 502 g/mol. The van der Waals surface area contributed by atoms with Crippen molar-refractivity contribution in [3.63, 3.8) is 0 Å². The van der Waals surface area contributed by atoms with E-state index in [1.165, 1.54) is 4.31 Å². The first-order chi connectivity index (χ1) is 11.4. The van der Waals surface area contributed by atoms with Crippen LogP contribution < -0.4 is 10.6 Å². The fourth-order valence-corrected chi connectivity index (χ4v) is 3.18. The van der Waals surface area contributed by atoms with Gasteiger partial charge in [0.15, 0.2) is 5.96 Å². The first-order valence-electron chi connectivity index (χ1n) is 8.02. The van der Waals surface area contributed by atoms with Gasteiger partial charge < -0.3 is 10.6 Å². The highest BCUT2D eigenvalue weighted by Crippen LogP contribution is 2.14. The standard InChI is InChI=1S/C16H27ClN4O2S.HI/c1-4-24(22,23)21(3)13-7-11-19-16(18-2)20-12-10-14-8-5-6-9-15(14)17;/h5-6,8-9H,4,7,10-13H2,1-3H3,(H2,18,19,20);1H. The highest BCUT2D eigenvalue weighted by Gasteiger charge is 2.13. The van der Waals surface area contributed by atoms with Crippen molar-refractivity contribution in [2.45, 2.75) is 19.8 Å². The maximum Gasteiger partial charge on any atom is 0.213 e. The Morgan fingerprint density at radius 3 is 2.48 bits per heavy atom. The molecule has 0 unspecified atom stereocenters. The number of halogens is 2. The number of nitrogens with one attached hydrogen (secondary N) is 2. The molecule has 0 heterocycles. The summed E-state index contributed by atoms with van der Waals surface area (Å²) in [6.45, 7) is 3.50. The summed E-state index contributed by atoms with van der Waals surface area (Å²) in [6.07, 6.45) is 1.51. The van der Waals surface area contributed by atoms with Crippen LogP contribution in [0.25, 0.3) is 0 Å². The molecule has 0 amide bonds. The summed E-state index contributed by atoms with van der Waals surface area (Å²) in [5.74, 6) is 0.824. The topological polar surface area (TPSA) is 73.8 Å². The molecule has 0 spiro atoms. The highest BCUT2D eigenvalue weighted by molar-refractivity contribution is 14.0. The smallest absolute Gasteiger partial charge is 0.213 e. The van der Waals surface area contributed by atoms with Crippen molar-refractivity contribution < 1.29 is 8.42 Å². The zero-order chi connectivity index (χ0) is 18.0. The van der Waals surface area contributed by atoms with Gasteiger partial charge >= 0.3 is 0 Å². The number of nitrogens with zero attached hydrogens (tertiary/aromatic N) is 2. The Balaban J connectivity index is 0.00000576. The number of hydrogen-bond acceptors (Lipinski definition) is 3. The molecule has 0 aliphatic heterocycles. The van der Waals surface area contributed by atoms with Crippen molar-refractivity contribution in [3.05, 3.63) is 34.9 Å². The van der Waals surface area contributed by atoms with Crippen LogP contribution in [0.4, 0.5) is 0 Å². The minimum absolute atomic E-state index is 0. The lowest BCUT2D eigenvalue weighted by molar-refractivity contribution is 0.461. The average Bonchev–Trinajstić information content (AvgIpc) is 2.58. The normalized spacial score (nSPS) is 12.0. The largest absolute Gasteiger partial charge is 0.356 e. The number of aliphatic imine (C=N–C) groups is 1. The molecule has 9 heteroatoms. The van der Waals surface area contributed by atoms with Gasteiger partial charge in [0.2, 0.25) is 10.0 Å². The molecular formula is C16H28ClIN4O2S. The Morgan fingerprint density at radius 2 is 1.88 bits per heavy atom. The van der Waals surface area contributed by atoms with E-state index in [-0.39, 0.29) is 29.7 Å². The van der Waals surface area contributed by atoms with Crippen LogP contribution in [0.5, 0.6) is 0 Å². The molecule has 1 aromatic carbocycles. The predicted molar refractivity (Wildman–Crippen MR) is 117 cm³/mol. The van der Waals surface area contributed by atoms with Gasteiger partial charge in [-0.05, 0) is 31.4 Å². The van der Waals surface area contributed by atoms with Crippen molar-refractivity contribution in [2.75, 3.05) is 39.5 Å². The van der Waals surface area contributed by atoms with Crippen molar-refractivity contribution in [2.24, 2.45) is 4.99 Å². The fourth-order valence-electron chi connectivity index (χ4n) is 2.11. The van der Waals surface area contributed by atoms with Gasteiger partial charge in [-0.1, -0.05) is 29.8 Å². The summed E-state index contributed by atoms with van der Waals surface area (Å²) >= 11 is 6.13. The van der Waals surface area contributed by atoms with Crippen molar-refractivity contribution >= 4 is 51.6 Å². The van der Waals surface area contributed by atoms with E-state index in [2.05, 4.69) is 15.6 Å². The average molecular weight is 503 g/mol. The third kappa shape index (κ3) is 9.07. The molecule has 6 nitrogen and oxygen atoms in total. The molecule has 25 heavy (non-hydrogen) atoms. The lowest BCUT2D eigenvalue weighted by atomic mass is 10.1. The van der Waals surface area contributed by atoms with E-state index < -0.39 is 10.0 Å². The zero-order valence-electron chi connectivity index (χ0n) is 15.0. The van der Waals surface area contributed by atoms with Crippen molar-refractivity contribution in [1.82, 2.24) is 14.9 Å². The SMILES string of the molecule is CCS(=O)(=O)N(C)CCCNC(=NC)NCCc1ccccc1Cl.I. The van der Waals surface area contributed by atoms with E-state index in [4.69, 9.17) is 11.6 Å². The molecule has 0 fully saturated rings. The minimum Gasteiger partial charge on any atom is -0.356 e. The first kappa shape index (κ1) is 24.4. The molecule has 0 aromatic heterocycles. The molecule has 0 saturated heterocycles. The van der Waals surface area contributed by atoms with Gasteiger partial charge in [-0.15, -0.1) is 24.0 Å². The Bertz CT molecular complexity index is 641. The Kier molecular flexibility index (Phi) is 12.4. The van der Waals surface area contributed by atoms with Crippen LogP contribution in [-0.2, 0) is 16.4 Å². The van der Waals surface area contributed by atoms with Gasteiger partial charge in [0.1, 0.15) is 0 Å². The maximum absolute atomic E-state index is 11.6. The maximum atomic E-state index is 11.6. The van der Waals surface area contributed by atoms with E-state index in [1.807, 2.05) is 24.3 Å². The lowest BCUT2D eigenvalue weighted by Gasteiger charge is -2.17. The van der Waals surface area contributed by atoms with Gasteiger partial charge in [-0.25, -0.2) is 12.7 Å². The second-order valence-corrected chi connectivity index (χ2v) is 8.11. The molecular weight excluding hydrogens is 475 g/mol. The molecule has 1 rings (SSSR count). The Morgan fingerprint density at radius 1 is 1.24 bits per heavy atom. The Hall–Kier alpha value is -0.580. The molecule has 0 atom stereocenters. The van der Waals surface area contributed by atoms with Gasteiger partial charge in [-0.2, -0.15) is 0 Å². The van der Waals surface area contributed by atoms with Crippen LogP contribution in [0, 0.1) is 0 Å². The molecule has 0 bridgehead atoms. The highest BCUT2D eigenvalue weighted by atomic mass is 127. The van der Waals surface area contributed by atoms with Crippen LogP contribution in [0.1, 0.15) is 18.9 Å². The summed E-state index contributed by atoms with van der Waals surface area (Å²) in [4.78, 5) is 4.15. The Labute approximate surface area is 173 Å². The number of hydrogen-bond donors (Lipinski definition) is 2. The quantitative estimate of drug-likeness (QED) is 0.235. The van der Waals surface area contributed by atoms with Crippen LogP contribution in [0.2, 0.25) is 5.02 Å². The summed E-state index contributed by atoms with van der Waals surface area (Å²) in [6, 6.07) is 7.76.